The summed E-state index contributed by atoms with van der Waals surface area (Å²) in [5.41, 5.74) is 8.27. The van der Waals surface area contributed by atoms with E-state index in [0.717, 1.165) is 6.20 Å². The molecule has 18 heteroatoms. The minimum Gasteiger partial charge on any atom is -0.491 e. The third-order valence-corrected chi connectivity index (χ3v) is 6.25. The fraction of sp³-hybridized carbons (Fsp3) is 0.462. The van der Waals surface area contributed by atoms with Crippen LogP contribution < -0.4 is 10.1 Å². The highest BCUT2D eigenvalue weighted by Gasteiger charge is 2.46. The fourth-order valence-corrected chi connectivity index (χ4v) is 4.20. The van der Waals surface area contributed by atoms with Crippen molar-refractivity contribution >= 4 is 5.95 Å². The monoisotopic (exact) mass is 621 g/mol. The Hall–Kier alpha value is -4.32. The van der Waals surface area contributed by atoms with Gasteiger partial charge >= 0.3 is 6.18 Å². The molecule has 0 aliphatic carbocycles. The molecule has 1 fully saturated rings. The van der Waals surface area contributed by atoms with Crippen molar-refractivity contribution in [3.8, 4) is 17.0 Å². The number of alkyl halides is 3. The predicted molar refractivity (Wildman–Crippen MR) is 147 cm³/mol. The van der Waals surface area contributed by atoms with Crippen LogP contribution in [0.3, 0.4) is 0 Å². The highest BCUT2D eigenvalue weighted by Crippen LogP contribution is 2.29. The Morgan fingerprint density at radius 2 is 2.05 bits per heavy atom. The number of anilines is 1. The average molecular weight is 622 g/mol. The lowest BCUT2D eigenvalue weighted by Crippen LogP contribution is -2.61. The zero-order valence-corrected chi connectivity index (χ0v) is 23.2. The highest BCUT2D eigenvalue weighted by molar-refractivity contribution is 5.59. The summed E-state index contributed by atoms with van der Waals surface area (Å²) in [6, 6.07) is 6.58. The molecule has 44 heavy (non-hydrogen) atoms. The van der Waals surface area contributed by atoms with Gasteiger partial charge in [-0.3, -0.25) is 0 Å². The van der Waals surface area contributed by atoms with Crippen LogP contribution in [0, 0.1) is 0 Å². The highest BCUT2D eigenvalue weighted by atomic mass is 19.4. The first kappa shape index (κ1) is 32.6. The summed E-state index contributed by atoms with van der Waals surface area (Å²) < 4.78 is 63.3. The molecule has 0 radical (unpaired) electrons. The van der Waals surface area contributed by atoms with Gasteiger partial charge in [0.15, 0.2) is 6.29 Å². The molecule has 1 aliphatic rings. The Morgan fingerprint density at radius 3 is 2.82 bits per heavy atom. The van der Waals surface area contributed by atoms with E-state index in [1.807, 2.05) is 0 Å². The number of aromatic nitrogens is 5. The minimum atomic E-state index is -4.71. The minimum absolute atomic E-state index is 0.0183. The first-order valence-corrected chi connectivity index (χ1v) is 13.3. The SMILES string of the molecule is C=CCOC1O[C@@H](Cn2cc(-c3cccc(OCCOCCN=[N+]=[N-])c3)nn2)C(O)C(O)C1Nc1nccc(C(F)(F)F)n1. The second-order valence-electron chi connectivity index (χ2n) is 9.35. The molecule has 3 aromatic rings. The summed E-state index contributed by atoms with van der Waals surface area (Å²) in [6.45, 7) is 4.61. The zero-order valence-electron chi connectivity index (χ0n) is 23.2. The Kier molecular flexibility index (Phi) is 11.4. The first-order valence-electron chi connectivity index (χ1n) is 13.3. The average Bonchev–Trinajstić information content (AvgIpc) is 3.48. The molecule has 15 nitrogen and oxygen atoms in total. The van der Waals surface area contributed by atoms with E-state index in [9.17, 15) is 23.4 Å². The lowest BCUT2D eigenvalue weighted by Gasteiger charge is -2.42. The lowest BCUT2D eigenvalue weighted by molar-refractivity contribution is -0.256. The summed E-state index contributed by atoms with van der Waals surface area (Å²) in [5, 5.41) is 36.0. The number of nitrogens with one attached hydrogen (secondary N) is 1. The van der Waals surface area contributed by atoms with Crippen LogP contribution in [0.25, 0.3) is 21.7 Å². The van der Waals surface area contributed by atoms with Crippen LogP contribution in [0.5, 0.6) is 5.75 Å². The molecule has 1 aliphatic heterocycles. The second kappa shape index (κ2) is 15.4. The van der Waals surface area contributed by atoms with Gasteiger partial charge in [0.2, 0.25) is 5.95 Å². The largest absolute Gasteiger partial charge is 0.491 e. The van der Waals surface area contributed by atoms with Crippen LogP contribution in [-0.4, -0.2) is 98.8 Å². The van der Waals surface area contributed by atoms with Crippen molar-refractivity contribution < 1.29 is 42.3 Å². The topological polar surface area (TPSA) is 195 Å². The summed E-state index contributed by atoms with van der Waals surface area (Å²) in [4.78, 5) is 9.88. The molecule has 236 valence electrons. The van der Waals surface area contributed by atoms with E-state index >= 15 is 0 Å². The number of azide groups is 1. The molecule has 0 amide bonds. The zero-order chi connectivity index (χ0) is 31.5. The normalized spacial score (nSPS) is 21.8. The van der Waals surface area contributed by atoms with Gasteiger partial charge in [0.25, 0.3) is 0 Å². The van der Waals surface area contributed by atoms with E-state index in [0.29, 0.717) is 29.7 Å². The fourth-order valence-electron chi connectivity index (χ4n) is 4.20. The van der Waals surface area contributed by atoms with Gasteiger partial charge in [-0.2, -0.15) is 13.2 Å². The number of rotatable bonds is 15. The van der Waals surface area contributed by atoms with Gasteiger partial charge in [-0.25, -0.2) is 14.6 Å². The van der Waals surface area contributed by atoms with Crippen molar-refractivity contribution in [1.29, 1.82) is 0 Å². The molecule has 1 saturated heterocycles. The van der Waals surface area contributed by atoms with Crippen molar-refractivity contribution in [1.82, 2.24) is 25.0 Å². The lowest BCUT2D eigenvalue weighted by atomic mass is 9.96. The van der Waals surface area contributed by atoms with Gasteiger partial charge in [-0.15, -0.1) is 11.7 Å². The van der Waals surface area contributed by atoms with Crippen LogP contribution in [0.15, 0.2) is 60.5 Å². The van der Waals surface area contributed by atoms with E-state index in [4.69, 9.17) is 24.5 Å². The Bertz CT molecular complexity index is 1420. The third-order valence-electron chi connectivity index (χ3n) is 6.25. The molecule has 3 N–H and O–H groups in total. The number of aliphatic hydroxyl groups excluding tert-OH is 2. The van der Waals surface area contributed by atoms with Crippen LogP contribution in [0.1, 0.15) is 5.69 Å². The number of ether oxygens (including phenoxy) is 4. The van der Waals surface area contributed by atoms with Gasteiger partial charge in [-0.1, -0.05) is 28.5 Å². The number of nitrogens with zero attached hydrogens (tertiary/aromatic N) is 8. The quantitative estimate of drug-likeness (QED) is 0.0742. The molecule has 5 atom stereocenters. The van der Waals surface area contributed by atoms with E-state index in [1.165, 1.54) is 10.8 Å². The third kappa shape index (κ3) is 8.85. The molecule has 4 unspecified atom stereocenters. The maximum absolute atomic E-state index is 13.1. The smallest absolute Gasteiger partial charge is 0.433 e. The molecule has 4 rings (SSSR count). The van der Waals surface area contributed by atoms with Crippen LogP contribution in [0.2, 0.25) is 0 Å². The Balaban J connectivity index is 1.40. The van der Waals surface area contributed by atoms with E-state index in [2.05, 4.69) is 42.2 Å². The van der Waals surface area contributed by atoms with Crippen molar-refractivity contribution in [3.05, 3.63) is 71.5 Å². The molecule has 0 spiro atoms. The van der Waals surface area contributed by atoms with Gasteiger partial charge in [-0.05, 0) is 23.7 Å². The Labute approximate surface area is 248 Å². The maximum atomic E-state index is 13.1. The van der Waals surface area contributed by atoms with Crippen LogP contribution in [0.4, 0.5) is 19.1 Å². The van der Waals surface area contributed by atoms with Crippen molar-refractivity contribution in [2.45, 2.75) is 43.4 Å². The van der Waals surface area contributed by atoms with Crippen molar-refractivity contribution in [2.75, 3.05) is 38.3 Å². The molecule has 1 aromatic carbocycles. The van der Waals surface area contributed by atoms with E-state index in [1.54, 1.807) is 30.5 Å². The number of hydrogen-bond acceptors (Lipinski definition) is 12. The van der Waals surface area contributed by atoms with Crippen molar-refractivity contribution in [2.24, 2.45) is 5.11 Å². The summed E-state index contributed by atoms with van der Waals surface area (Å²) in [6.07, 6.45) is -6.07. The van der Waals surface area contributed by atoms with Gasteiger partial charge in [0, 0.05) is 23.2 Å². The van der Waals surface area contributed by atoms with E-state index in [-0.39, 0.29) is 32.9 Å². The summed E-state index contributed by atoms with van der Waals surface area (Å²) in [7, 11) is 0. The van der Waals surface area contributed by atoms with Crippen molar-refractivity contribution in [3.63, 3.8) is 0 Å². The van der Waals surface area contributed by atoms with Gasteiger partial charge in [0.1, 0.15) is 48.1 Å². The van der Waals surface area contributed by atoms with Crippen LogP contribution >= 0.6 is 0 Å². The Morgan fingerprint density at radius 1 is 1.20 bits per heavy atom. The molecule has 0 saturated carbocycles. The van der Waals surface area contributed by atoms with Gasteiger partial charge < -0.3 is 34.5 Å². The predicted octanol–water partition coefficient (Wildman–Crippen LogP) is 2.59. The standard InChI is InChI=1S/C26H30F3N9O6/c1-2-9-43-24-21(34-25-31-7-6-20(33-25)26(27,28)29)23(40)22(39)19(44-24)15-38-14-18(35-37-38)16-4-3-5-17(13-16)42-12-11-41-10-8-32-36-30/h2-7,13-14,19,21-24,39-40H,1,8-12,15H2,(H,31,33,34)/t19-,21?,22?,23?,24?/m0/s1. The number of benzene rings is 1. The van der Waals surface area contributed by atoms with E-state index < -0.39 is 48.5 Å². The molecular weight excluding hydrogens is 591 g/mol. The number of hydrogen-bond donors (Lipinski definition) is 3. The summed E-state index contributed by atoms with van der Waals surface area (Å²) in [5.74, 6) is 0.130. The van der Waals surface area contributed by atoms with Gasteiger partial charge in [0.05, 0.1) is 32.6 Å². The molecule has 3 heterocycles. The molecule has 0 bridgehead atoms. The summed E-state index contributed by atoms with van der Waals surface area (Å²) >= 11 is 0. The number of aliphatic hydroxyl groups is 2. The molecular formula is C26H30F3N9O6. The number of halogens is 3. The molecule has 2 aromatic heterocycles. The maximum Gasteiger partial charge on any atom is 0.433 e. The van der Waals surface area contributed by atoms with Crippen LogP contribution in [-0.2, 0) is 26.9 Å². The first-order chi connectivity index (χ1) is 21.2. The second-order valence-corrected chi connectivity index (χ2v) is 9.35.